The molecule has 0 atom stereocenters. The normalized spacial score (nSPS) is 11.8. The molecule has 2 aromatic rings. The first-order valence-corrected chi connectivity index (χ1v) is 9.78. The van der Waals surface area contributed by atoms with E-state index in [0.29, 0.717) is 31.6 Å². The largest absolute Gasteiger partial charge is 0.416 e. The molecule has 0 spiro atoms. The standard InChI is InChI=1S/C22H29F3N2O/c1-4-5-11-27(21(28)13-17(2)3)16-20-10-7-12-26(20)15-18-8-6-9-19(14-18)22(23,24)25/h6-10,12,14,17H,4-5,11,13,15-16H2,1-3H3. The van der Waals surface area contributed by atoms with Crippen LogP contribution in [0.25, 0.3) is 0 Å². The molecule has 1 heterocycles. The molecule has 1 amide bonds. The van der Waals surface area contributed by atoms with E-state index < -0.39 is 11.7 Å². The average molecular weight is 394 g/mol. The van der Waals surface area contributed by atoms with Gasteiger partial charge in [-0.1, -0.05) is 39.3 Å². The fourth-order valence-electron chi connectivity index (χ4n) is 3.10. The maximum Gasteiger partial charge on any atom is 0.416 e. The molecule has 0 saturated heterocycles. The molecule has 1 aromatic heterocycles. The average Bonchev–Trinajstić information content (AvgIpc) is 3.04. The first-order chi connectivity index (χ1) is 13.2. The molecule has 0 bridgehead atoms. The van der Waals surface area contributed by atoms with Gasteiger partial charge in [-0.05, 0) is 42.2 Å². The molecule has 0 saturated carbocycles. The third-order valence-corrected chi connectivity index (χ3v) is 4.60. The molecule has 0 aliphatic carbocycles. The Balaban J connectivity index is 2.16. The second-order valence-corrected chi connectivity index (χ2v) is 7.59. The van der Waals surface area contributed by atoms with Gasteiger partial charge in [-0.3, -0.25) is 4.79 Å². The zero-order valence-corrected chi connectivity index (χ0v) is 16.8. The van der Waals surface area contributed by atoms with Crippen LogP contribution >= 0.6 is 0 Å². The van der Waals surface area contributed by atoms with Crippen molar-refractivity contribution in [2.75, 3.05) is 6.54 Å². The molecule has 3 nitrogen and oxygen atoms in total. The summed E-state index contributed by atoms with van der Waals surface area (Å²) in [5, 5.41) is 0. The molecule has 0 aliphatic rings. The summed E-state index contributed by atoms with van der Waals surface area (Å²) in [5.41, 5.74) is 0.863. The number of carbonyl (C=O) groups is 1. The lowest BCUT2D eigenvalue weighted by Crippen LogP contribution is -2.33. The molecule has 0 unspecified atom stereocenters. The number of aromatic nitrogens is 1. The number of benzene rings is 1. The van der Waals surface area contributed by atoms with Gasteiger partial charge in [0.25, 0.3) is 0 Å². The van der Waals surface area contributed by atoms with Gasteiger partial charge in [-0.15, -0.1) is 0 Å². The second-order valence-electron chi connectivity index (χ2n) is 7.59. The Morgan fingerprint density at radius 3 is 2.57 bits per heavy atom. The zero-order chi connectivity index (χ0) is 20.7. The molecule has 6 heteroatoms. The van der Waals surface area contributed by atoms with E-state index in [-0.39, 0.29) is 11.8 Å². The van der Waals surface area contributed by atoms with Crippen molar-refractivity contribution in [2.24, 2.45) is 5.92 Å². The number of amides is 1. The van der Waals surface area contributed by atoms with Crippen molar-refractivity contribution in [1.29, 1.82) is 0 Å². The van der Waals surface area contributed by atoms with Crippen LogP contribution in [0.2, 0.25) is 0 Å². The van der Waals surface area contributed by atoms with Crippen molar-refractivity contribution in [3.8, 4) is 0 Å². The Morgan fingerprint density at radius 1 is 1.18 bits per heavy atom. The van der Waals surface area contributed by atoms with Crippen LogP contribution in [0.5, 0.6) is 0 Å². The Bertz CT molecular complexity index is 765. The van der Waals surface area contributed by atoms with Gasteiger partial charge in [-0.25, -0.2) is 0 Å². The van der Waals surface area contributed by atoms with Gasteiger partial charge in [0.1, 0.15) is 0 Å². The maximum atomic E-state index is 13.0. The van der Waals surface area contributed by atoms with Crippen molar-refractivity contribution in [3.05, 3.63) is 59.4 Å². The lowest BCUT2D eigenvalue weighted by molar-refractivity contribution is -0.137. The zero-order valence-electron chi connectivity index (χ0n) is 16.8. The number of halogens is 3. The summed E-state index contributed by atoms with van der Waals surface area (Å²) in [6, 6.07) is 9.18. The minimum atomic E-state index is -4.35. The molecule has 2 rings (SSSR count). The Morgan fingerprint density at radius 2 is 1.93 bits per heavy atom. The van der Waals surface area contributed by atoms with Crippen molar-refractivity contribution in [3.63, 3.8) is 0 Å². The molecule has 0 fully saturated rings. The third kappa shape index (κ3) is 6.43. The van der Waals surface area contributed by atoms with Crippen molar-refractivity contribution in [2.45, 2.75) is 59.3 Å². The first-order valence-electron chi connectivity index (χ1n) is 9.78. The van der Waals surface area contributed by atoms with Crippen LogP contribution in [0.3, 0.4) is 0 Å². The number of rotatable bonds is 9. The number of nitrogens with zero attached hydrogens (tertiary/aromatic N) is 2. The summed E-state index contributed by atoms with van der Waals surface area (Å²) in [6.07, 6.45) is -0.0802. The van der Waals surface area contributed by atoms with Crippen LogP contribution in [-0.2, 0) is 24.1 Å². The predicted octanol–water partition coefficient (Wildman–Crippen LogP) is 5.73. The SMILES string of the molecule is CCCCN(Cc1cccn1Cc1cccc(C(F)(F)F)c1)C(=O)CC(C)C. The van der Waals surface area contributed by atoms with Gasteiger partial charge in [0.2, 0.25) is 5.91 Å². The molecule has 1 aromatic carbocycles. The third-order valence-electron chi connectivity index (χ3n) is 4.60. The van der Waals surface area contributed by atoms with Crippen LogP contribution in [-0.4, -0.2) is 21.9 Å². The van der Waals surface area contributed by atoms with Crippen molar-refractivity contribution >= 4 is 5.91 Å². The molecule has 0 N–H and O–H groups in total. The van der Waals surface area contributed by atoms with E-state index in [1.165, 1.54) is 12.1 Å². The minimum Gasteiger partial charge on any atom is -0.345 e. The Labute approximate surface area is 165 Å². The highest BCUT2D eigenvalue weighted by Gasteiger charge is 2.30. The van der Waals surface area contributed by atoms with Gasteiger partial charge < -0.3 is 9.47 Å². The quantitative estimate of drug-likeness (QED) is 0.533. The second kappa shape index (κ2) is 9.80. The summed E-state index contributed by atoms with van der Waals surface area (Å²) in [5.74, 6) is 0.406. The van der Waals surface area contributed by atoms with Crippen LogP contribution < -0.4 is 0 Å². The number of alkyl halides is 3. The molecular formula is C22H29F3N2O. The van der Waals surface area contributed by atoms with Gasteiger partial charge in [0.15, 0.2) is 0 Å². The summed E-state index contributed by atoms with van der Waals surface area (Å²) in [7, 11) is 0. The Kier molecular flexibility index (Phi) is 7.72. The van der Waals surface area contributed by atoms with E-state index in [1.54, 1.807) is 6.07 Å². The fourth-order valence-corrected chi connectivity index (χ4v) is 3.10. The van der Waals surface area contributed by atoms with Gasteiger partial charge in [0.05, 0.1) is 12.1 Å². The monoisotopic (exact) mass is 394 g/mol. The molecule has 28 heavy (non-hydrogen) atoms. The first kappa shape index (κ1) is 22.1. The van der Waals surface area contributed by atoms with Crippen LogP contribution in [0.1, 0.15) is 56.9 Å². The molecular weight excluding hydrogens is 365 g/mol. The summed E-state index contributed by atoms with van der Waals surface area (Å²) >= 11 is 0. The summed E-state index contributed by atoms with van der Waals surface area (Å²) in [6.45, 7) is 7.63. The maximum absolute atomic E-state index is 13.0. The lowest BCUT2D eigenvalue weighted by Gasteiger charge is -2.24. The van der Waals surface area contributed by atoms with E-state index >= 15 is 0 Å². The minimum absolute atomic E-state index is 0.121. The number of unbranched alkanes of at least 4 members (excludes halogenated alkanes) is 1. The highest BCUT2D eigenvalue weighted by molar-refractivity contribution is 5.76. The van der Waals surface area contributed by atoms with E-state index in [2.05, 4.69) is 6.92 Å². The fraction of sp³-hybridized carbons (Fsp3) is 0.500. The number of carbonyl (C=O) groups excluding carboxylic acids is 1. The smallest absolute Gasteiger partial charge is 0.345 e. The highest BCUT2D eigenvalue weighted by atomic mass is 19.4. The van der Waals surface area contributed by atoms with Crippen LogP contribution in [0, 0.1) is 5.92 Å². The molecule has 154 valence electrons. The van der Waals surface area contributed by atoms with Crippen molar-refractivity contribution in [1.82, 2.24) is 9.47 Å². The Hall–Kier alpha value is -2.24. The van der Waals surface area contributed by atoms with Gasteiger partial charge in [-0.2, -0.15) is 13.2 Å². The summed E-state index contributed by atoms with van der Waals surface area (Å²) in [4.78, 5) is 14.5. The van der Waals surface area contributed by atoms with Gasteiger partial charge >= 0.3 is 6.18 Å². The van der Waals surface area contributed by atoms with E-state index in [9.17, 15) is 18.0 Å². The van der Waals surface area contributed by atoms with E-state index in [0.717, 1.165) is 24.6 Å². The number of hydrogen-bond acceptors (Lipinski definition) is 1. The van der Waals surface area contributed by atoms with Crippen LogP contribution in [0.4, 0.5) is 13.2 Å². The number of hydrogen-bond donors (Lipinski definition) is 0. The molecule has 0 aliphatic heterocycles. The van der Waals surface area contributed by atoms with Gasteiger partial charge in [0, 0.05) is 31.4 Å². The topological polar surface area (TPSA) is 25.2 Å². The van der Waals surface area contributed by atoms with E-state index in [4.69, 9.17) is 0 Å². The highest BCUT2D eigenvalue weighted by Crippen LogP contribution is 2.29. The predicted molar refractivity (Wildman–Crippen MR) is 105 cm³/mol. The molecule has 0 radical (unpaired) electrons. The van der Waals surface area contributed by atoms with Crippen molar-refractivity contribution < 1.29 is 18.0 Å². The summed E-state index contributed by atoms with van der Waals surface area (Å²) < 4.78 is 40.8. The lowest BCUT2D eigenvalue weighted by atomic mass is 10.1. The van der Waals surface area contributed by atoms with Crippen LogP contribution in [0.15, 0.2) is 42.6 Å². The van der Waals surface area contributed by atoms with E-state index in [1.807, 2.05) is 41.6 Å².